The van der Waals surface area contributed by atoms with Crippen LogP contribution in [0.1, 0.15) is 33.7 Å². The molecule has 2 aromatic rings. The number of benzene rings is 1. The fourth-order valence-electron chi connectivity index (χ4n) is 3.26. The van der Waals surface area contributed by atoms with Gasteiger partial charge in [0.25, 0.3) is 5.91 Å². The maximum Gasteiger partial charge on any atom is 0.274 e. The predicted octanol–water partition coefficient (Wildman–Crippen LogP) is 1.73. The molecule has 1 spiro atoms. The molecule has 1 amide bonds. The van der Waals surface area contributed by atoms with Crippen molar-refractivity contribution in [1.29, 1.82) is 0 Å². The van der Waals surface area contributed by atoms with Crippen molar-refractivity contribution in [2.24, 2.45) is 0 Å². The maximum atomic E-state index is 12.5. The van der Waals surface area contributed by atoms with Gasteiger partial charge in [-0.2, -0.15) is 0 Å². The Hall–Kier alpha value is -2.76. The number of ether oxygens (including phenoxy) is 1. The molecule has 0 saturated carbocycles. The van der Waals surface area contributed by atoms with Gasteiger partial charge in [0.15, 0.2) is 5.78 Å². The highest BCUT2D eigenvalue weighted by Gasteiger charge is 2.47. The Balaban J connectivity index is 1.57. The van der Waals surface area contributed by atoms with Gasteiger partial charge in [0.05, 0.1) is 24.7 Å². The number of hydrogen-bond donors (Lipinski definition) is 0. The lowest BCUT2D eigenvalue weighted by atomic mass is 9.89. The van der Waals surface area contributed by atoms with Crippen molar-refractivity contribution >= 4 is 11.7 Å². The average molecular weight is 309 g/mol. The average Bonchev–Trinajstić information content (AvgIpc) is 2.98. The van der Waals surface area contributed by atoms with Gasteiger partial charge in [-0.15, -0.1) is 0 Å². The zero-order valence-electron chi connectivity index (χ0n) is 12.4. The number of aromatic nitrogens is 2. The third-order valence-electron chi connectivity index (χ3n) is 4.38. The van der Waals surface area contributed by atoms with Crippen molar-refractivity contribution in [3.05, 3.63) is 54.1 Å². The smallest absolute Gasteiger partial charge is 0.274 e. The first-order valence-corrected chi connectivity index (χ1v) is 7.53. The summed E-state index contributed by atoms with van der Waals surface area (Å²) >= 11 is 0. The molecular weight excluding hydrogens is 294 g/mol. The molecule has 1 atom stereocenters. The lowest BCUT2D eigenvalue weighted by molar-refractivity contribution is 0.0427. The number of carbonyl (C=O) groups is 2. The van der Waals surface area contributed by atoms with Gasteiger partial charge >= 0.3 is 0 Å². The van der Waals surface area contributed by atoms with Crippen molar-refractivity contribution in [3.63, 3.8) is 0 Å². The van der Waals surface area contributed by atoms with E-state index in [4.69, 9.17) is 4.74 Å². The molecule has 0 aliphatic carbocycles. The summed E-state index contributed by atoms with van der Waals surface area (Å²) in [6.45, 7) is 0.938. The summed E-state index contributed by atoms with van der Waals surface area (Å²) in [5, 5.41) is 0. The minimum Gasteiger partial charge on any atom is -0.484 e. The number of Topliss-reactive ketones (excluding diaryl/α,β-unsaturated/α-hetero) is 1. The number of fused-ring (bicyclic) bond motifs is 1. The maximum absolute atomic E-state index is 12.5. The van der Waals surface area contributed by atoms with E-state index < -0.39 is 5.60 Å². The number of carbonyl (C=O) groups excluding carboxylic acids is 2. The zero-order chi connectivity index (χ0) is 15.9. The highest BCUT2D eigenvalue weighted by atomic mass is 16.5. The number of likely N-dealkylation sites (tertiary alicyclic amines) is 1. The van der Waals surface area contributed by atoms with Crippen LogP contribution in [0.4, 0.5) is 0 Å². The van der Waals surface area contributed by atoms with Gasteiger partial charge in [-0.05, 0) is 12.1 Å². The minimum absolute atomic E-state index is 0.0700. The highest BCUT2D eigenvalue weighted by molar-refractivity contribution is 6.00. The van der Waals surface area contributed by atoms with Crippen LogP contribution < -0.4 is 4.74 Å². The van der Waals surface area contributed by atoms with Crippen LogP contribution in [0, 0.1) is 0 Å². The van der Waals surface area contributed by atoms with Crippen LogP contribution in [0.15, 0.2) is 42.9 Å². The summed E-state index contributed by atoms with van der Waals surface area (Å²) in [6.07, 6.45) is 5.42. The lowest BCUT2D eigenvalue weighted by Gasteiger charge is -2.34. The standard InChI is InChI=1S/C17H15N3O3/c21-14-9-17(23-15-4-2-1-3-12(14)15)5-8-20(11-17)16(22)13-10-18-6-7-19-13/h1-4,6-7,10H,5,8-9,11H2/t17-/m0/s1. The molecule has 6 heteroatoms. The molecule has 0 bridgehead atoms. The van der Waals surface area contributed by atoms with E-state index in [9.17, 15) is 9.59 Å². The fraction of sp³-hybridized carbons (Fsp3) is 0.294. The van der Waals surface area contributed by atoms with E-state index in [0.717, 1.165) is 0 Å². The molecule has 23 heavy (non-hydrogen) atoms. The molecule has 4 rings (SSSR count). The van der Waals surface area contributed by atoms with Crippen LogP contribution in [-0.2, 0) is 0 Å². The predicted molar refractivity (Wildman–Crippen MR) is 81.3 cm³/mol. The largest absolute Gasteiger partial charge is 0.484 e. The normalized spacial score (nSPS) is 22.8. The van der Waals surface area contributed by atoms with Crippen molar-refractivity contribution < 1.29 is 14.3 Å². The van der Waals surface area contributed by atoms with Gasteiger partial charge in [-0.1, -0.05) is 12.1 Å². The Morgan fingerprint density at radius 2 is 2.13 bits per heavy atom. The molecule has 116 valence electrons. The number of rotatable bonds is 1. The van der Waals surface area contributed by atoms with Gasteiger partial charge < -0.3 is 9.64 Å². The molecule has 1 aromatic heterocycles. The summed E-state index contributed by atoms with van der Waals surface area (Å²) < 4.78 is 6.12. The number of ketones is 1. The first kappa shape index (κ1) is 13.9. The Labute approximate surface area is 133 Å². The van der Waals surface area contributed by atoms with Gasteiger partial charge in [0, 0.05) is 25.4 Å². The molecule has 2 aliphatic heterocycles. The van der Waals surface area contributed by atoms with Crippen LogP contribution in [0.5, 0.6) is 5.75 Å². The fourth-order valence-corrected chi connectivity index (χ4v) is 3.26. The van der Waals surface area contributed by atoms with E-state index in [2.05, 4.69) is 9.97 Å². The molecular formula is C17H15N3O3. The van der Waals surface area contributed by atoms with Crippen LogP contribution in [0.2, 0.25) is 0 Å². The number of amides is 1. The summed E-state index contributed by atoms with van der Waals surface area (Å²) in [4.78, 5) is 34.5. The second kappa shape index (κ2) is 5.15. The zero-order valence-corrected chi connectivity index (χ0v) is 12.4. The summed E-state index contributed by atoms with van der Waals surface area (Å²) in [6, 6.07) is 7.27. The highest BCUT2D eigenvalue weighted by Crippen LogP contribution is 2.38. The van der Waals surface area contributed by atoms with E-state index in [1.165, 1.54) is 18.6 Å². The lowest BCUT2D eigenvalue weighted by Crippen LogP contribution is -2.45. The first-order chi connectivity index (χ1) is 11.2. The first-order valence-electron chi connectivity index (χ1n) is 7.53. The minimum atomic E-state index is -0.622. The van der Waals surface area contributed by atoms with Crippen molar-refractivity contribution in [1.82, 2.24) is 14.9 Å². The van der Waals surface area contributed by atoms with Gasteiger partial charge in [0.1, 0.15) is 17.0 Å². The van der Waals surface area contributed by atoms with Crippen LogP contribution in [-0.4, -0.2) is 45.2 Å². The quantitative estimate of drug-likeness (QED) is 0.802. The van der Waals surface area contributed by atoms with Crippen molar-refractivity contribution in [3.8, 4) is 5.75 Å². The summed E-state index contributed by atoms with van der Waals surface area (Å²) in [7, 11) is 0. The Morgan fingerprint density at radius 3 is 2.96 bits per heavy atom. The molecule has 1 saturated heterocycles. The molecule has 2 aliphatic rings. The molecule has 6 nitrogen and oxygen atoms in total. The van der Waals surface area contributed by atoms with Crippen molar-refractivity contribution in [2.45, 2.75) is 18.4 Å². The monoisotopic (exact) mass is 309 g/mol. The van der Waals surface area contributed by atoms with Crippen LogP contribution >= 0.6 is 0 Å². The third-order valence-corrected chi connectivity index (χ3v) is 4.38. The molecule has 1 aromatic carbocycles. The van der Waals surface area contributed by atoms with Gasteiger partial charge in [-0.3, -0.25) is 14.6 Å². The van der Waals surface area contributed by atoms with E-state index in [1.807, 2.05) is 12.1 Å². The van der Waals surface area contributed by atoms with Gasteiger partial charge in [-0.25, -0.2) is 4.98 Å². The Kier molecular flexibility index (Phi) is 3.11. The molecule has 1 fully saturated rings. The second-order valence-electron chi connectivity index (χ2n) is 5.95. The van der Waals surface area contributed by atoms with Crippen LogP contribution in [0.25, 0.3) is 0 Å². The summed E-state index contributed by atoms with van der Waals surface area (Å²) in [5.41, 5.74) is 0.312. The van der Waals surface area contributed by atoms with E-state index in [-0.39, 0.29) is 11.7 Å². The van der Waals surface area contributed by atoms with E-state index in [1.54, 1.807) is 17.0 Å². The van der Waals surface area contributed by atoms with Gasteiger partial charge in [0.2, 0.25) is 0 Å². The SMILES string of the molecule is O=C1C[C@]2(CCN(C(=O)c3cnccn3)C2)Oc2ccccc21. The number of para-hydroxylation sites is 1. The Bertz CT molecular complexity index is 778. The Morgan fingerprint density at radius 1 is 1.26 bits per heavy atom. The van der Waals surface area contributed by atoms with Crippen molar-refractivity contribution in [2.75, 3.05) is 13.1 Å². The van der Waals surface area contributed by atoms with Crippen LogP contribution in [0.3, 0.4) is 0 Å². The molecule has 0 radical (unpaired) electrons. The van der Waals surface area contributed by atoms with E-state index >= 15 is 0 Å². The molecule has 0 unspecified atom stereocenters. The van der Waals surface area contributed by atoms with E-state index in [0.29, 0.717) is 42.9 Å². The third kappa shape index (κ3) is 2.36. The topological polar surface area (TPSA) is 72.4 Å². The molecule has 3 heterocycles. The number of hydrogen-bond acceptors (Lipinski definition) is 5. The molecule has 0 N–H and O–H groups in total. The number of nitrogens with zero attached hydrogens (tertiary/aromatic N) is 3. The second-order valence-corrected chi connectivity index (χ2v) is 5.95. The summed E-state index contributed by atoms with van der Waals surface area (Å²) in [5.74, 6) is 0.503.